The minimum atomic E-state index is 0.723. The van der Waals surface area contributed by atoms with Gasteiger partial charge >= 0.3 is 0 Å². The number of aliphatic imine (C=N–C) groups is 1. The number of halogens is 1. The maximum Gasteiger partial charge on any atom is 0.191 e. The molecule has 1 fully saturated rings. The number of rotatable bonds is 7. The summed E-state index contributed by atoms with van der Waals surface area (Å²) in [6.07, 6.45) is 2.62. The largest absolute Gasteiger partial charge is 0.356 e. The number of hydrogen-bond donors (Lipinski definition) is 2. The zero-order valence-electron chi connectivity index (χ0n) is 14.7. The molecule has 0 radical (unpaired) electrons. The Bertz CT molecular complexity index is 506. The summed E-state index contributed by atoms with van der Waals surface area (Å²) in [5, 5.41) is 7.65. The van der Waals surface area contributed by atoms with Gasteiger partial charge in [-0.2, -0.15) is 0 Å². The molecule has 0 bridgehead atoms. The van der Waals surface area contributed by atoms with E-state index in [1.165, 1.54) is 30.8 Å². The first-order valence-corrected chi connectivity index (χ1v) is 10.1. The summed E-state index contributed by atoms with van der Waals surface area (Å²) in [7, 11) is 1.83. The molecule has 1 aromatic carbocycles. The molecule has 1 aliphatic rings. The lowest BCUT2D eigenvalue weighted by molar-refractivity contribution is 0.183. The van der Waals surface area contributed by atoms with Gasteiger partial charge in [0.05, 0.1) is 0 Å². The van der Waals surface area contributed by atoms with Gasteiger partial charge in [0.1, 0.15) is 0 Å². The Labute approximate surface area is 155 Å². The molecule has 6 heteroatoms. The average molecular weight is 369 g/mol. The molecule has 0 spiro atoms. The molecule has 0 aromatic heterocycles. The lowest BCUT2D eigenvalue weighted by Gasteiger charge is -2.32. The second-order valence-electron chi connectivity index (χ2n) is 6.08. The van der Waals surface area contributed by atoms with E-state index >= 15 is 0 Å². The van der Waals surface area contributed by atoms with E-state index in [0.717, 1.165) is 42.3 Å². The normalized spacial score (nSPS) is 19.3. The van der Waals surface area contributed by atoms with Crippen molar-refractivity contribution in [2.75, 3.05) is 45.5 Å². The minimum absolute atomic E-state index is 0.723. The van der Waals surface area contributed by atoms with E-state index in [1.54, 1.807) is 0 Å². The highest BCUT2D eigenvalue weighted by Gasteiger charge is 2.18. The zero-order chi connectivity index (χ0) is 17.2. The smallest absolute Gasteiger partial charge is 0.191 e. The van der Waals surface area contributed by atoms with Crippen molar-refractivity contribution in [3.05, 3.63) is 29.3 Å². The second kappa shape index (κ2) is 10.9. The van der Waals surface area contributed by atoms with E-state index in [0.29, 0.717) is 0 Å². The molecule has 134 valence electrons. The van der Waals surface area contributed by atoms with Crippen LogP contribution in [-0.4, -0.2) is 56.4 Å². The van der Waals surface area contributed by atoms with Crippen LogP contribution in [0.5, 0.6) is 0 Å². The number of likely N-dealkylation sites (tertiary alicyclic amines) is 1. The van der Waals surface area contributed by atoms with Gasteiger partial charge in [-0.15, -0.1) is 11.8 Å². The van der Waals surface area contributed by atoms with Gasteiger partial charge in [-0.25, -0.2) is 0 Å². The van der Waals surface area contributed by atoms with Gasteiger partial charge in [0.2, 0.25) is 0 Å². The van der Waals surface area contributed by atoms with Gasteiger partial charge in [-0.05, 0) is 56.1 Å². The Morgan fingerprint density at radius 3 is 2.83 bits per heavy atom. The van der Waals surface area contributed by atoms with Crippen LogP contribution in [0.3, 0.4) is 0 Å². The van der Waals surface area contributed by atoms with Crippen molar-refractivity contribution >= 4 is 29.3 Å². The number of thioether (sulfide) groups is 1. The van der Waals surface area contributed by atoms with Crippen molar-refractivity contribution in [3.8, 4) is 0 Å². The van der Waals surface area contributed by atoms with E-state index in [-0.39, 0.29) is 0 Å². The van der Waals surface area contributed by atoms with Crippen LogP contribution in [0.4, 0.5) is 0 Å². The molecule has 1 aromatic rings. The molecule has 1 aliphatic heterocycles. The monoisotopic (exact) mass is 368 g/mol. The zero-order valence-corrected chi connectivity index (χ0v) is 16.3. The Morgan fingerprint density at radius 1 is 1.33 bits per heavy atom. The molecule has 0 aliphatic carbocycles. The van der Waals surface area contributed by atoms with Gasteiger partial charge in [0.25, 0.3) is 0 Å². The Kier molecular flexibility index (Phi) is 8.78. The van der Waals surface area contributed by atoms with Crippen molar-refractivity contribution in [1.29, 1.82) is 0 Å². The highest BCUT2D eigenvalue weighted by molar-refractivity contribution is 7.99. The van der Waals surface area contributed by atoms with Crippen LogP contribution in [0.15, 0.2) is 34.2 Å². The number of benzene rings is 1. The van der Waals surface area contributed by atoms with Crippen molar-refractivity contribution in [3.63, 3.8) is 0 Å². The molecule has 24 heavy (non-hydrogen) atoms. The van der Waals surface area contributed by atoms with Crippen LogP contribution in [0.1, 0.15) is 19.8 Å². The predicted molar refractivity (Wildman–Crippen MR) is 106 cm³/mol. The fourth-order valence-electron chi connectivity index (χ4n) is 2.94. The average Bonchev–Trinajstić information content (AvgIpc) is 2.63. The Balaban J connectivity index is 1.62. The van der Waals surface area contributed by atoms with Crippen LogP contribution in [0.25, 0.3) is 0 Å². The maximum absolute atomic E-state index is 5.90. The van der Waals surface area contributed by atoms with E-state index in [4.69, 9.17) is 11.6 Å². The standard InChI is InChI=1S/C18H29ClN4S/c1-3-23-11-4-5-15(14-23)13-22-18(20-2)21-10-12-24-17-8-6-16(19)7-9-17/h6-9,15H,3-5,10-14H2,1-2H3,(H2,20,21,22). The highest BCUT2D eigenvalue weighted by atomic mass is 35.5. The molecular formula is C18H29ClN4S. The topological polar surface area (TPSA) is 39.7 Å². The molecule has 1 atom stereocenters. The summed E-state index contributed by atoms with van der Waals surface area (Å²) >= 11 is 7.72. The number of nitrogens with one attached hydrogen (secondary N) is 2. The first-order valence-electron chi connectivity index (χ1n) is 8.76. The van der Waals surface area contributed by atoms with E-state index < -0.39 is 0 Å². The van der Waals surface area contributed by atoms with Crippen LogP contribution in [0, 0.1) is 5.92 Å². The van der Waals surface area contributed by atoms with Crippen molar-refractivity contribution in [2.24, 2.45) is 10.9 Å². The van der Waals surface area contributed by atoms with Gasteiger partial charge in [0, 0.05) is 42.4 Å². The first-order chi connectivity index (χ1) is 11.7. The molecule has 2 N–H and O–H groups in total. The molecule has 1 unspecified atom stereocenters. The Morgan fingerprint density at radius 2 is 2.12 bits per heavy atom. The summed E-state index contributed by atoms with van der Waals surface area (Å²) in [6.45, 7) is 7.74. The third-order valence-corrected chi connectivity index (χ3v) is 5.57. The summed E-state index contributed by atoms with van der Waals surface area (Å²) in [6, 6.07) is 7.98. The lowest BCUT2D eigenvalue weighted by atomic mass is 9.98. The number of hydrogen-bond acceptors (Lipinski definition) is 3. The first kappa shape index (κ1) is 19.4. The molecule has 4 nitrogen and oxygen atoms in total. The SMILES string of the molecule is CCN1CCCC(CNC(=NC)NCCSc2ccc(Cl)cc2)C1. The van der Waals surface area contributed by atoms with Crippen LogP contribution >= 0.6 is 23.4 Å². The molecule has 0 saturated carbocycles. The van der Waals surface area contributed by atoms with Gasteiger partial charge in [-0.3, -0.25) is 4.99 Å². The van der Waals surface area contributed by atoms with Crippen molar-refractivity contribution in [2.45, 2.75) is 24.7 Å². The third-order valence-electron chi connectivity index (χ3n) is 4.31. The number of piperidine rings is 1. The maximum atomic E-state index is 5.90. The quantitative estimate of drug-likeness (QED) is 0.335. The summed E-state index contributed by atoms with van der Waals surface area (Å²) in [5.41, 5.74) is 0. The summed E-state index contributed by atoms with van der Waals surface area (Å²) < 4.78 is 0. The van der Waals surface area contributed by atoms with Crippen LogP contribution < -0.4 is 10.6 Å². The van der Waals surface area contributed by atoms with E-state index in [9.17, 15) is 0 Å². The molecule has 1 saturated heterocycles. The predicted octanol–water partition coefficient (Wildman–Crippen LogP) is 3.33. The summed E-state index contributed by atoms with van der Waals surface area (Å²) in [4.78, 5) is 8.10. The van der Waals surface area contributed by atoms with E-state index in [1.807, 2.05) is 30.9 Å². The second-order valence-corrected chi connectivity index (χ2v) is 7.69. The molecule has 0 amide bonds. The van der Waals surface area contributed by atoms with E-state index in [2.05, 4.69) is 39.6 Å². The number of nitrogens with zero attached hydrogens (tertiary/aromatic N) is 2. The third kappa shape index (κ3) is 6.91. The fraction of sp³-hybridized carbons (Fsp3) is 0.611. The Hall–Kier alpha value is -0.910. The molecule has 2 rings (SSSR count). The van der Waals surface area contributed by atoms with Crippen LogP contribution in [0.2, 0.25) is 5.02 Å². The van der Waals surface area contributed by atoms with Crippen LogP contribution in [-0.2, 0) is 0 Å². The minimum Gasteiger partial charge on any atom is -0.356 e. The fourth-order valence-corrected chi connectivity index (χ4v) is 3.83. The summed E-state index contributed by atoms with van der Waals surface area (Å²) in [5.74, 6) is 2.62. The molecule has 1 heterocycles. The van der Waals surface area contributed by atoms with Gasteiger partial charge in [0.15, 0.2) is 5.96 Å². The van der Waals surface area contributed by atoms with Gasteiger partial charge in [-0.1, -0.05) is 18.5 Å². The highest BCUT2D eigenvalue weighted by Crippen LogP contribution is 2.19. The number of guanidine groups is 1. The molecular weight excluding hydrogens is 340 g/mol. The van der Waals surface area contributed by atoms with Crippen molar-refractivity contribution < 1.29 is 0 Å². The lowest BCUT2D eigenvalue weighted by Crippen LogP contribution is -2.44. The van der Waals surface area contributed by atoms with Gasteiger partial charge < -0.3 is 15.5 Å². The van der Waals surface area contributed by atoms with Crippen molar-refractivity contribution in [1.82, 2.24) is 15.5 Å².